The standard InChI is InChI=1S/C30H34BrNO6/c1-6-7-12-38-30(34)27-17(2)32-22-13-19(18-8-10-25(36-4)26(15-18)37-5)14-23(33)29(22)28(27)21-16-20(31)9-11-24(21)35-3/h8-11,15-16,19,28,32H,6-7,12-14H2,1-5H3/t19-,28-/m0/s1. The number of esters is 1. The van der Waals surface area contributed by atoms with Gasteiger partial charge in [0.15, 0.2) is 17.3 Å². The topological polar surface area (TPSA) is 83.1 Å². The van der Waals surface area contributed by atoms with Crippen molar-refractivity contribution in [3.8, 4) is 17.2 Å². The molecule has 1 aliphatic carbocycles. The van der Waals surface area contributed by atoms with E-state index >= 15 is 0 Å². The molecule has 0 fully saturated rings. The van der Waals surface area contributed by atoms with Crippen LogP contribution < -0.4 is 19.5 Å². The van der Waals surface area contributed by atoms with Crippen LogP contribution in [0.2, 0.25) is 0 Å². The number of methoxy groups -OCH3 is 3. The van der Waals surface area contributed by atoms with Gasteiger partial charge in [0, 0.05) is 33.4 Å². The first-order valence-electron chi connectivity index (χ1n) is 12.8. The van der Waals surface area contributed by atoms with Crippen molar-refractivity contribution in [3.05, 3.63) is 74.5 Å². The van der Waals surface area contributed by atoms with Crippen molar-refractivity contribution in [1.29, 1.82) is 0 Å². The molecule has 0 spiro atoms. The number of halogens is 1. The van der Waals surface area contributed by atoms with Crippen LogP contribution in [0.1, 0.15) is 62.5 Å². The minimum absolute atomic E-state index is 0.0167. The van der Waals surface area contributed by atoms with Crippen LogP contribution in [0.5, 0.6) is 17.2 Å². The van der Waals surface area contributed by atoms with Crippen LogP contribution in [-0.2, 0) is 14.3 Å². The molecule has 2 aliphatic rings. The van der Waals surface area contributed by atoms with Gasteiger partial charge >= 0.3 is 5.97 Å². The molecule has 0 amide bonds. The number of unbranched alkanes of at least 4 members (excludes halogenated alkanes) is 1. The number of dihydropyridines is 1. The summed E-state index contributed by atoms with van der Waals surface area (Å²) in [6.45, 7) is 4.24. The number of carbonyl (C=O) groups excluding carboxylic acids is 2. The third-order valence-electron chi connectivity index (χ3n) is 7.16. The SMILES string of the molecule is CCCCOC(=O)C1=C(C)NC2=C(C(=O)C[C@@H](c3ccc(OC)c(OC)c3)C2)[C@H]1c1cc(Br)ccc1OC. The van der Waals surface area contributed by atoms with Crippen LogP contribution in [0.25, 0.3) is 0 Å². The second-order valence-corrected chi connectivity index (χ2v) is 10.4. The van der Waals surface area contributed by atoms with Crippen LogP contribution in [0.3, 0.4) is 0 Å². The lowest BCUT2D eigenvalue weighted by molar-refractivity contribution is -0.139. The Balaban J connectivity index is 1.79. The zero-order valence-corrected chi connectivity index (χ0v) is 24.1. The predicted molar refractivity (Wildman–Crippen MR) is 149 cm³/mol. The summed E-state index contributed by atoms with van der Waals surface area (Å²) >= 11 is 3.56. The fraction of sp³-hybridized carbons (Fsp3) is 0.400. The van der Waals surface area contributed by atoms with E-state index in [0.29, 0.717) is 53.5 Å². The van der Waals surface area contributed by atoms with E-state index in [1.54, 1.807) is 21.3 Å². The van der Waals surface area contributed by atoms with Crippen LogP contribution in [0.15, 0.2) is 63.4 Å². The summed E-state index contributed by atoms with van der Waals surface area (Å²) in [4.78, 5) is 27.3. The summed E-state index contributed by atoms with van der Waals surface area (Å²) in [6.07, 6.45) is 2.60. The maximum absolute atomic E-state index is 13.9. The molecule has 2 aromatic carbocycles. The molecule has 0 saturated heterocycles. The van der Waals surface area contributed by atoms with Gasteiger partial charge < -0.3 is 24.3 Å². The zero-order chi connectivity index (χ0) is 27.4. The summed E-state index contributed by atoms with van der Waals surface area (Å²) in [7, 11) is 4.79. The van der Waals surface area contributed by atoms with Gasteiger partial charge in [-0.2, -0.15) is 0 Å². The van der Waals surface area contributed by atoms with Crippen molar-refractivity contribution in [3.63, 3.8) is 0 Å². The summed E-state index contributed by atoms with van der Waals surface area (Å²) in [5, 5.41) is 3.40. The van der Waals surface area contributed by atoms with Crippen molar-refractivity contribution in [2.45, 2.75) is 51.4 Å². The number of carbonyl (C=O) groups is 2. The van der Waals surface area contributed by atoms with Gasteiger partial charge in [-0.3, -0.25) is 4.79 Å². The zero-order valence-electron chi connectivity index (χ0n) is 22.5. The molecule has 202 valence electrons. The monoisotopic (exact) mass is 583 g/mol. The lowest BCUT2D eigenvalue weighted by Crippen LogP contribution is -2.36. The molecule has 0 bridgehead atoms. The van der Waals surface area contributed by atoms with Crippen molar-refractivity contribution >= 4 is 27.7 Å². The second kappa shape index (κ2) is 12.1. The maximum Gasteiger partial charge on any atom is 0.336 e. The van der Waals surface area contributed by atoms with E-state index in [1.165, 1.54) is 0 Å². The number of Topliss-reactive ketones (excluding diaryl/α,β-unsaturated/α-hetero) is 1. The summed E-state index contributed by atoms with van der Waals surface area (Å²) in [6, 6.07) is 11.4. The number of rotatable bonds is 9. The number of hydrogen-bond donors (Lipinski definition) is 1. The summed E-state index contributed by atoms with van der Waals surface area (Å²) < 4.78 is 23.1. The molecule has 7 nitrogen and oxygen atoms in total. The molecule has 1 aliphatic heterocycles. The Kier molecular flexibility index (Phi) is 8.82. The first-order chi connectivity index (χ1) is 18.3. The van der Waals surface area contributed by atoms with Gasteiger partial charge in [0.1, 0.15) is 5.75 Å². The summed E-state index contributed by atoms with van der Waals surface area (Å²) in [5.74, 6) is 0.776. The Hall–Kier alpha value is -3.26. The highest BCUT2D eigenvalue weighted by molar-refractivity contribution is 9.10. The van der Waals surface area contributed by atoms with Gasteiger partial charge in [-0.1, -0.05) is 35.3 Å². The van der Waals surface area contributed by atoms with E-state index in [1.807, 2.05) is 50.2 Å². The Morgan fingerprint density at radius 3 is 2.39 bits per heavy atom. The molecule has 4 rings (SSSR count). The normalized spacial score (nSPS) is 19.1. The number of ketones is 1. The highest BCUT2D eigenvalue weighted by atomic mass is 79.9. The van der Waals surface area contributed by atoms with Crippen molar-refractivity contribution in [2.24, 2.45) is 0 Å². The molecule has 0 radical (unpaired) electrons. The Morgan fingerprint density at radius 2 is 1.71 bits per heavy atom. The number of ether oxygens (including phenoxy) is 4. The quantitative estimate of drug-likeness (QED) is 0.279. The molecule has 0 aromatic heterocycles. The molecule has 1 N–H and O–H groups in total. The number of hydrogen-bond acceptors (Lipinski definition) is 7. The fourth-order valence-electron chi connectivity index (χ4n) is 5.28. The third kappa shape index (κ3) is 5.46. The van der Waals surface area contributed by atoms with E-state index in [0.717, 1.165) is 34.1 Å². The average Bonchev–Trinajstić information content (AvgIpc) is 2.91. The maximum atomic E-state index is 13.9. The van der Waals surface area contributed by atoms with E-state index in [4.69, 9.17) is 18.9 Å². The lowest BCUT2D eigenvalue weighted by atomic mass is 9.71. The van der Waals surface area contributed by atoms with Crippen LogP contribution >= 0.6 is 15.9 Å². The fourth-order valence-corrected chi connectivity index (χ4v) is 5.66. The van der Waals surface area contributed by atoms with Crippen LogP contribution in [0, 0.1) is 0 Å². The van der Waals surface area contributed by atoms with Gasteiger partial charge in [0.25, 0.3) is 0 Å². The summed E-state index contributed by atoms with van der Waals surface area (Å²) in [5.41, 5.74) is 4.26. The Morgan fingerprint density at radius 1 is 1.00 bits per heavy atom. The minimum atomic E-state index is -0.605. The van der Waals surface area contributed by atoms with E-state index in [-0.39, 0.29) is 11.7 Å². The van der Waals surface area contributed by atoms with Gasteiger partial charge in [0.05, 0.1) is 39.4 Å². The van der Waals surface area contributed by atoms with E-state index < -0.39 is 11.9 Å². The number of allylic oxidation sites excluding steroid dienone is 3. The van der Waals surface area contributed by atoms with E-state index in [2.05, 4.69) is 21.2 Å². The van der Waals surface area contributed by atoms with Gasteiger partial charge in [0.2, 0.25) is 0 Å². The van der Waals surface area contributed by atoms with E-state index in [9.17, 15) is 9.59 Å². The van der Waals surface area contributed by atoms with Gasteiger partial charge in [-0.05, 0) is 61.6 Å². The van der Waals surface area contributed by atoms with Gasteiger partial charge in [-0.15, -0.1) is 0 Å². The smallest absolute Gasteiger partial charge is 0.336 e. The van der Waals surface area contributed by atoms with Crippen molar-refractivity contribution < 1.29 is 28.5 Å². The van der Waals surface area contributed by atoms with Gasteiger partial charge in [-0.25, -0.2) is 4.79 Å². The van der Waals surface area contributed by atoms with Crippen LogP contribution in [0.4, 0.5) is 0 Å². The lowest BCUT2D eigenvalue weighted by Gasteiger charge is -2.37. The Labute approximate surface area is 232 Å². The highest BCUT2D eigenvalue weighted by Crippen LogP contribution is 2.48. The van der Waals surface area contributed by atoms with Crippen molar-refractivity contribution in [1.82, 2.24) is 5.32 Å². The first kappa shape index (κ1) is 27.8. The molecule has 8 heteroatoms. The number of nitrogens with one attached hydrogen (secondary N) is 1. The second-order valence-electron chi connectivity index (χ2n) is 9.51. The first-order valence-corrected chi connectivity index (χ1v) is 13.6. The molecule has 38 heavy (non-hydrogen) atoms. The molecular weight excluding hydrogens is 550 g/mol. The molecule has 0 unspecified atom stereocenters. The average molecular weight is 585 g/mol. The minimum Gasteiger partial charge on any atom is -0.496 e. The predicted octanol–water partition coefficient (Wildman–Crippen LogP) is 6.18. The molecule has 2 aromatic rings. The number of benzene rings is 2. The molecular formula is C30H34BrNO6. The highest BCUT2D eigenvalue weighted by Gasteiger charge is 2.42. The third-order valence-corrected chi connectivity index (χ3v) is 7.65. The largest absolute Gasteiger partial charge is 0.496 e. The molecule has 1 heterocycles. The van der Waals surface area contributed by atoms with Crippen LogP contribution in [-0.4, -0.2) is 39.7 Å². The molecule has 2 atom stereocenters. The van der Waals surface area contributed by atoms with Crippen molar-refractivity contribution in [2.75, 3.05) is 27.9 Å². The molecule has 0 saturated carbocycles. The Bertz CT molecular complexity index is 1300.